The fourth-order valence-corrected chi connectivity index (χ4v) is 3.43. The lowest BCUT2D eigenvalue weighted by molar-refractivity contribution is -0.142. The molecule has 0 saturated carbocycles. The van der Waals surface area contributed by atoms with Gasteiger partial charge in [-0.25, -0.2) is 4.98 Å². The maximum atomic E-state index is 12.2. The number of hydrogen-bond donors (Lipinski definition) is 0. The van der Waals surface area contributed by atoms with Gasteiger partial charge in [0, 0.05) is 10.8 Å². The number of benzene rings is 2. The normalized spacial score (nSPS) is 11.7. The highest BCUT2D eigenvalue weighted by Gasteiger charge is 2.22. The van der Waals surface area contributed by atoms with E-state index in [2.05, 4.69) is 0 Å². The van der Waals surface area contributed by atoms with E-state index in [0.717, 1.165) is 33.0 Å². The molecule has 0 unspecified atom stereocenters. The molecule has 0 atom stereocenters. The molecule has 5 nitrogen and oxygen atoms in total. The van der Waals surface area contributed by atoms with Crippen molar-refractivity contribution in [3.05, 3.63) is 54.1 Å². The first kappa shape index (κ1) is 15.0. The second-order valence-corrected chi connectivity index (χ2v) is 6.12. The third-order valence-corrected chi connectivity index (χ3v) is 4.54. The molecule has 2 aromatic carbocycles. The Bertz CT molecular complexity index is 1210. The summed E-state index contributed by atoms with van der Waals surface area (Å²) >= 11 is 0. The minimum Gasteiger partial charge on any atom is -0.466 e. The Morgan fingerprint density at radius 2 is 1.46 bits per heavy atom. The largest absolute Gasteiger partial charge is 0.466 e. The van der Waals surface area contributed by atoms with Crippen LogP contribution in [0.25, 0.3) is 44.1 Å². The SMILES string of the molecule is CCOC(=O)Cc1c2oc3ccccc3c2nc2c1oc1ccccc12. The van der Waals surface area contributed by atoms with Crippen LogP contribution < -0.4 is 0 Å². The average Bonchev–Trinajstić information content (AvgIpc) is 3.21. The van der Waals surface area contributed by atoms with Crippen molar-refractivity contribution in [3.63, 3.8) is 0 Å². The van der Waals surface area contributed by atoms with E-state index in [9.17, 15) is 4.79 Å². The Kier molecular flexibility index (Phi) is 3.22. The summed E-state index contributed by atoms with van der Waals surface area (Å²) in [6.45, 7) is 2.12. The van der Waals surface area contributed by atoms with E-state index in [1.54, 1.807) is 6.92 Å². The molecule has 0 fully saturated rings. The third-order valence-electron chi connectivity index (χ3n) is 4.54. The molecule has 0 aliphatic rings. The number of nitrogens with zero attached hydrogens (tertiary/aromatic N) is 1. The summed E-state index contributed by atoms with van der Waals surface area (Å²) in [6, 6.07) is 15.4. The van der Waals surface area contributed by atoms with Crippen LogP contribution >= 0.6 is 0 Å². The Labute approximate surface area is 148 Å². The molecule has 0 spiro atoms. The number of ether oxygens (including phenoxy) is 1. The molecule has 0 bridgehead atoms. The molecule has 0 aliphatic heterocycles. The Hall–Kier alpha value is -3.34. The lowest BCUT2D eigenvalue weighted by atomic mass is 10.1. The van der Waals surface area contributed by atoms with Crippen molar-refractivity contribution >= 4 is 50.1 Å². The van der Waals surface area contributed by atoms with E-state index >= 15 is 0 Å². The van der Waals surface area contributed by atoms with E-state index < -0.39 is 0 Å². The van der Waals surface area contributed by atoms with Gasteiger partial charge in [0.2, 0.25) is 0 Å². The van der Waals surface area contributed by atoms with Crippen LogP contribution in [0.15, 0.2) is 57.4 Å². The van der Waals surface area contributed by atoms with Gasteiger partial charge in [-0.2, -0.15) is 0 Å². The summed E-state index contributed by atoms with van der Waals surface area (Å²) in [5, 5.41) is 1.83. The van der Waals surface area contributed by atoms with Crippen LogP contribution in [-0.4, -0.2) is 17.6 Å². The maximum absolute atomic E-state index is 12.2. The molecule has 26 heavy (non-hydrogen) atoms. The van der Waals surface area contributed by atoms with Gasteiger partial charge < -0.3 is 13.6 Å². The molecular formula is C21H15NO4. The quantitative estimate of drug-likeness (QED) is 0.431. The van der Waals surface area contributed by atoms with Gasteiger partial charge in [-0.1, -0.05) is 24.3 Å². The predicted octanol–water partition coefficient (Wildman–Crippen LogP) is 4.99. The zero-order valence-electron chi connectivity index (χ0n) is 14.1. The number of carbonyl (C=O) groups excluding carboxylic acids is 1. The van der Waals surface area contributed by atoms with Crippen molar-refractivity contribution in [1.82, 2.24) is 4.98 Å². The first-order valence-electron chi connectivity index (χ1n) is 8.53. The number of fused-ring (bicyclic) bond motifs is 6. The highest BCUT2D eigenvalue weighted by atomic mass is 16.5. The fraction of sp³-hybridized carbons (Fsp3) is 0.143. The number of esters is 1. The van der Waals surface area contributed by atoms with Gasteiger partial charge in [-0.3, -0.25) is 4.79 Å². The number of furan rings is 2. The molecule has 0 saturated heterocycles. The van der Waals surface area contributed by atoms with Crippen molar-refractivity contribution in [2.75, 3.05) is 6.61 Å². The highest BCUT2D eigenvalue weighted by Crippen LogP contribution is 2.37. The van der Waals surface area contributed by atoms with Crippen molar-refractivity contribution in [2.45, 2.75) is 13.3 Å². The number of carbonyl (C=O) groups is 1. The van der Waals surface area contributed by atoms with E-state index in [4.69, 9.17) is 18.6 Å². The third kappa shape index (κ3) is 2.10. The first-order valence-corrected chi connectivity index (χ1v) is 8.53. The predicted molar refractivity (Wildman–Crippen MR) is 99.1 cm³/mol. The van der Waals surface area contributed by atoms with Crippen LogP contribution in [0.3, 0.4) is 0 Å². The molecule has 0 N–H and O–H groups in total. The van der Waals surface area contributed by atoms with Crippen LogP contribution in [0.4, 0.5) is 0 Å². The van der Waals surface area contributed by atoms with Crippen molar-refractivity contribution < 1.29 is 18.4 Å². The summed E-state index contributed by atoms with van der Waals surface area (Å²) in [5.41, 5.74) is 4.76. The molecule has 5 aromatic rings. The van der Waals surface area contributed by atoms with Crippen LogP contribution in [0, 0.1) is 0 Å². The fourth-order valence-electron chi connectivity index (χ4n) is 3.43. The number of pyridine rings is 1. The zero-order chi connectivity index (χ0) is 17.7. The van der Waals surface area contributed by atoms with Crippen molar-refractivity contribution in [3.8, 4) is 0 Å². The summed E-state index contributed by atoms with van der Waals surface area (Å²) < 4.78 is 17.2. The second-order valence-electron chi connectivity index (χ2n) is 6.12. The minimum atomic E-state index is -0.317. The highest BCUT2D eigenvalue weighted by molar-refractivity contribution is 6.13. The van der Waals surface area contributed by atoms with Crippen LogP contribution in [-0.2, 0) is 16.0 Å². The molecule has 5 heteroatoms. The van der Waals surface area contributed by atoms with Crippen molar-refractivity contribution in [2.24, 2.45) is 0 Å². The minimum absolute atomic E-state index is 0.0724. The van der Waals surface area contributed by atoms with Crippen molar-refractivity contribution in [1.29, 1.82) is 0 Å². The van der Waals surface area contributed by atoms with E-state index in [1.807, 2.05) is 48.5 Å². The Morgan fingerprint density at radius 1 is 0.923 bits per heavy atom. The first-order chi connectivity index (χ1) is 12.8. The van der Waals surface area contributed by atoms with Gasteiger partial charge in [-0.15, -0.1) is 0 Å². The van der Waals surface area contributed by atoms with Crippen LogP contribution in [0.5, 0.6) is 0 Å². The number of rotatable bonds is 3. The van der Waals surface area contributed by atoms with E-state index in [0.29, 0.717) is 23.3 Å². The second kappa shape index (κ2) is 5.59. The number of hydrogen-bond acceptors (Lipinski definition) is 5. The van der Waals surface area contributed by atoms with E-state index in [1.165, 1.54) is 0 Å². The zero-order valence-corrected chi connectivity index (χ0v) is 14.1. The summed E-state index contributed by atoms with van der Waals surface area (Å²) in [5.74, 6) is -0.317. The molecule has 128 valence electrons. The van der Waals surface area contributed by atoms with Gasteiger partial charge in [0.1, 0.15) is 22.2 Å². The standard InChI is InChI=1S/C21H15NO4/c1-2-24-17(23)11-14-20-18(12-7-3-5-9-15(12)25-20)22-19-13-8-4-6-10-16(13)26-21(14)19/h3-10H,2,11H2,1H3. The molecular weight excluding hydrogens is 330 g/mol. The maximum Gasteiger partial charge on any atom is 0.310 e. The molecule has 0 amide bonds. The Morgan fingerprint density at radius 3 is 2.00 bits per heavy atom. The van der Waals surface area contributed by atoms with Crippen LogP contribution in [0.2, 0.25) is 0 Å². The molecule has 0 aliphatic carbocycles. The molecule has 5 rings (SSSR count). The van der Waals surface area contributed by atoms with Gasteiger partial charge in [0.05, 0.1) is 18.6 Å². The summed E-state index contributed by atoms with van der Waals surface area (Å²) in [7, 11) is 0. The summed E-state index contributed by atoms with van der Waals surface area (Å²) in [4.78, 5) is 17.0. The van der Waals surface area contributed by atoms with Crippen LogP contribution in [0.1, 0.15) is 12.5 Å². The van der Waals surface area contributed by atoms with E-state index in [-0.39, 0.29) is 12.4 Å². The lowest BCUT2D eigenvalue weighted by Gasteiger charge is -2.03. The summed E-state index contributed by atoms with van der Waals surface area (Å²) in [6.07, 6.45) is 0.0724. The smallest absolute Gasteiger partial charge is 0.310 e. The van der Waals surface area contributed by atoms with Gasteiger partial charge in [-0.05, 0) is 31.2 Å². The van der Waals surface area contributed by atoms with Gasteiger partial charge in [0.25, 0.3) is 0 Å². The molecule has 3 heterocycles. The topological polar surface area (TPSA) is 65.5 Å². The number of para-hydroxylation sites is 2. The monoisotopic (exact) mass is 345 g/mol. The van der Waals surface area contributed by atoms with Gasteiger partial charge >= 0.3 is 5.97 Å². The Balaban J connectivity index is 1.92. The van der Waals surface area contributed by atoms with Gasteiger partial charge in [0.15, 0.2) is 11.2 Å². The number of aromatic nitrogens is 1. The lowest BCUT2D eigenvalue weighted by Crippen LogP contribution is -2.08. The average molecular weight is 345 g/mol. The molecule has 0 radical (unpaired) electrons. The molecule has 3 aromatic heterocycles.